The van der Waals surface area contributed by atoms with Gasteiger partial charge in [0.2, 0.25) is 0 Å². The second-order valence-electron chi connectivity index (χ2n) is 8.24. The molecule has 1 amide bonds. The van der Waals surface area contributed by atoms with Crippen molar-refractivity contribution in [2.75, 3.05) is 7.11 Å². The molecule has 1 saturated carbocycles. The molecule has 1 rings (SSSR count). The lowest BCUT2D eigenvalue weighted by atomic mass is 9.69. The molecule has 0 aromatic carbocycles. The number of methoxy groups -OCH3 is 1. The van der Waals surface area contributed by atoms with E-state index >= 15 is 0 Å². The minimum Gasteiger partial charge on any atom is -0.480 e. The van der Waals surface area contributed by atoms with Crippen LogP contribution in [0.1, 0.15) is 78.6 Å². The number of carbonyl (C=O) groups is 3. The molecule has 1 aliphatic carbocycles. The van der Waals surface area contributed by atoms with Crippen molar-refractivity contribution in [2.24, 2.45) is 5.41 Å². The van der Waals surface area contributed by atoms with Gasteiger partial charge in [0.15, 0.2) is 0 Å². The van der Waals surface area contributed by atoms with E-state index in [0.717, 1.165) is 32.1 Å². The van der Waals surface area contributed by atoms with Crippen molar-refractivity contribution < 1.29 is 29.0 Å². The Bertz CT molecular complexity index is 491. The Labute approximate surface area is 155 Å². The van der Waals surface area contributed by atoms with E-state index in [-0.39, 0.29) is 11.4 Å². The average Bonchev–Trinajstić information content (AvgIpc) is 2.52. The van der Waals surface area contributed by atoms with Crippen molar-refractivity contribution in [3.05, 3.63) is 0 Å². The summed E-state index contributed by atoms with van der Waals surface area (Å²) in [6, 6.07) is -0.997. The fourth-order valence-electron chi connectivity index (χ4n) is 3.58. The number of alkyl carbamates (subject to hydrolysis) is 1. The third-order valence-electron chi connectivity index (χ3n) is 4.85. The van der Waals surface area contributed by atoms with E-state index in [1.165, 1.54) is 13.5 Å². The van der Waals surface area contributed by atoms with Gasteiger partial charge < -0.3 is 19.9 Å². The third kappa shape index (κ3) is 8.06. The number of hydrogen-bond acceptors (Lipinski definition) is 5. The van der Waals surface area contributed by atoms with Gasteiger partial charge in [0.05, 0.1) is 13.5 Å². The monoisotopic (exact) mass is 371 g/mol. The van der Waals surface area contributed by atoms with Crippen LogP contribution in [0.3, 0.4) is 0 Å². The Morgan fingerprint density at radius 1 is 1.15 bits per heavy atom. The Balaban J connectivity index is 2.59. The van der Waals surface area contributed by atoms with Gasteiger partial charge in [0.25, 0.3) is 0 Å². The third-order valence-corrected chi connectivity index (χ3v) is 4.85. The van der Waals surface area contributed by atoms with Crippen LogP contribution in [0, 0.1) is 5.41 Å². The molecule has 0 aromatic heterocycles. The molecule has 1 aliphatic rings. The van der Waals surface area contributed by atoms with Crippen molar-refractivity contribution in [3.8, 4) is 0 Å². The molecule has 7 nitrogen and oxygen atoms in total. The van der Waals surface area contributed by atoms with Gasteiger partial charge in [0.1, 0.15) is 11.6 Å². The molecule has 1 atom stereocenters. The molecule has 150 valence electrons. The maximum Gasteiger partial charge on any atom is 0.408 e. The molecule has 7 heteroatoms. The maximum absolute atomic E-state index is 11.8. The van der Waals surface area contributed by atoms with Gasteiger partial charge in [-0.15, -0.1) is 0 Å². The molecule has 1 unspecified atom stereocenters. The van der Waals surface area contributed by atoms with Crippen molar-refractivity contribution >= 4 is 18.0 Å². The van der Waals surface area contributed by atoms with Crippen molar-refractivity contribution in [2.45, 2.75) is 90.2 Å². The van der Waals surface area contributed by atoms with Crippen molar-refractivity contribution in [1.29, 1.82) is 0 Å². The van der Waals surface area contributed by atoms with E-state index < -0.39 is 23.7 Å². The second-order valence-corrected chi connectivity index (χ2v) is 8.24. The fraction of sp³-hybridized carbons (Fsp3) is 0.842. The highest BCUT2D eigenvalue weighted by Crippen LogP contribution is 2.43. The first-order chi connectivity index (χ1) is 12.1. The van der Waals surface area contributed by atoms with Crippen LogP contribution in [0.5, 0.6) is 0 Å². The Hall–Kier alpha value is -1.79. The van der Waals surface area contributed by atoms with Gasteiger partial charge in [0, 0.05) is 0 Å². The lowest BCUT2D eigenvalue weighted by Gasteiger charge is -2.37. The number of ether oxygens (including phenoxy) is 2. The van der Waals surface area contributed by atoms with Crippen LogP contribution in [-0.4, -0.2) is 41.9 Å². The summed E-state index contributed by atoms with van der Waals surface area (Å²) in [6.45, 7) is 5.17. The first-order valence-corrected chi connectivity index (χ1v) is 9.36. The van der Waals surface area contributed by atoms with Crippen LogP contribution < -0.4 is 5.32 Å². The number of nitrogens with one attached hydrogen (secondary N) is 1. The Kier molecular flexibility index (Phi) is 8.37. The summed E-state index contributed by atoms with van der Waals surface area (Å²) in [4.78, 5) is 35.0. The molecule has 0 saturated heterocycles. The molecule has 0 aliphatic heterocycles. The number of hydrogen-bond donors (Lipinski definition) is 2. The van der Waals surface area contributed by atoms with E-state index in [1.807, 2.05) is 0 Å². The van der Waals surface area contributed by atoms with Crippen LogP contribution in [0.4, 0.5) is 4.79 Å². The van der Waals surface area contributed by atoms with Gasteiger partial charge in [-0.2, -0.15) is 0 Å². The summed E-state index contributed by atoms with van der Waals surface area (Å²) in [7, 11) is 1.39. The Morgan fingerprint density at radius 2 is 1.77 bits per heavy atom. The highest BCUT2D eigenvalue weighted by molar-refractivity contribution is 5.79. The molecule has 0 spiro atoms. The minimum atomic E-state index is -1.08. The van der Waals surface area contributed by atoms with Crippen LogP contribution in [0.15, 0.2) is 0 Å². The number of rotatable bonds is 8. The highest BCUT2D eigenvalue weighted by atomic mass is 16.6. The molecule has 26 heavy (non-hydrogen) atoms. The van der Waals surface area contributed by atoms with Gasteiger partial charge in [-0.05, 0) is 51.9 Å². The average molecular weight is 371 g/mol. The molecule has 2 N–H and O–H groups in total. The molecule has 0 aromatic rings. The predicted octanol–water partition coefficient (Wildman–Crippen LogP) is 3.65. The summed E-state index contributed by atoms with van der Waals surface area (Å²) in [6.07, 6.45) is 6.56. The molecule has 0 heterocycles. The molecular formula is C19H33NO6. The SMILES string of the molecule is COC(=O)CC1(CCCC(NC(=O)OC(C)(C)C)C(=O)O)CCCCC1. The van der Waals surface area contributed by atoms with Crippen LogP contribution in [-0.2, 0) is 19.1 Å². The number of amides is 1. The molecule has 0 bridgehead atoms. The quantitative estimate of drug-likeness (QED) is 0.632. The second kappa shape index (κ2) is 9.78. The number of esters is 1. The van der Waals surface area contributed by atoms with E-state index in [1.54, 1.807) is 20.8 Å². The van der Waals surface area contributed by atoms with Crippen molar-refractivity contribution in [1.82, 2.24) is 5.32 Å². The summed E-state index contributed by atoms with van der Waals surface area (Å²) < 4.78 is 9.96. The molecular weight excluding hydrogens is 338 g/mol. The zero-order chi connectivity index (χ0) is 19.8. The van der Waals surface area contributed by atoms with Gasteiger partial charge >= 0.3 is 18.0 Å². The number of carbonyl (C=O) groups excluding carboxylic acids is 2. The summed E-state index contributed by atoms with van der Waals surface area (Å²) in [5.41, 5.74) is -0.792. The zero-order valence-electron chi connectivity index (χ0n) is 16.4. The number of carboxylic acids is 1. The largest absolute Gasteiger partial charge is 0.480 e. The van der Waals surface area contributed by atoms with E-state index in [0.29, 0.717) is 19.3 Å². The van der Waals surface area contributed by atoms with Crippen LogP contribution >= 0.6 is 0 Å². The molecule has 1 fully saturated rings. The summed E-state index contributed by atoms with van der Waals surface area (Å²) in [5, 5.41) is 11.8. The minimum absolute atomic E-state index is 0.111. The summed E-state index contributed by atoms with van der Waals surface area (Å²) in [5.74, 6) is -1.30. The van der Waals surface area contributed by atoms with Gasteiger partial charge in [-0.3, -0.25) is 4.79 Å². The summed E-state index contributed by atoms with van der Waals surface area (Å²) >= 11 is 0. The van der Waals surface area contributed by atoms with E-state index in [9.17, 15) is 19.5 Å². The standard InChI is InChI=1S/C19H33NO6/c1-18(2,3)26-17(24)20-14(16(22)23)9-8-12-19(13-15(21)25-4)10-6-5-7-11-19/h14H,5-13H2,1-4H3,(H,20,24)(H,22,23). The lowest BCUT2D eigenvalue weighted by molar-refractivity contribution is -0.144. The zero-order valence-corrected chi connectivity index (χ0v) is 16.4. The van der Waals surface area contributed by atoms with Gasteiger partial charge in [-0.25, -0.2) is 9.59 Å². The van der Waals surface area contributed by atoms with Gasteiger partial charge in [-0.1, -0.05) is 25.7 Å². The van der Waals surface area contributed by atoms with Crippen LogP contribution in [0.2, 0.25) is 0 Å². The van der Waals surface area contributed by atoms with Crippen molar-refractivity contribution in [3.63, 3.8) is 0 Å². The highest BCUT2D eigenvalue weighted by Gasteiger charge is 2.35. The fourth-order valence-corrected chi connectivity index (χ4v) is 3.58. The predicted molar refractivity (Wildman–Crippen MR) is 96.8 cm³/mol. The lowest BCUT2D eigenvalue weighted by Crippen LogP contribution is -2.43. The number of aliphatic carboxylic acids is 1. The van der Waals surface area contributed by atoms with E-state index in [2.05, 4.69) is 5.32 Å². The molecule has 0 radical (unpaired) electrons. The topological polar surface area (TPSA) is 102 Å². The normalized spacial score (nSPS) is 17.8. The maximum atomic E-state index is 11.8. The smallest absolute Gasteiger partial charge is 0.408 e. The Morgan fingerprint density at radius 3 is 2.27 bits per heavy atom. The first-order valence-electron chi connectivity index (χ1n) is 9.36. The first kappa shape index (κ1) is 22.3. The van der Waals surface area contributed by atoms with Crippen LogP contribution in [0.25, 0.3) is 0 Å². The van der Waals surface area contributed by atoms with E-state index in [4.69, 9.17) is 9.47 Å². The number of carboxylic acid groups (broad SMARTS) is 1.